The van der Waals surface area contributed by atoms with Crippen LogP contribution in [0.5, 0.6) is 0 Å². The van der Waals surface area contributed by atoms with Gasteiger partial charge in [-0.15, -0.1) is 0 Å². The number of carbonyl (C=O) groups excluding carboxylic acids is 3. The van der Waals surface area contributed by atoms with Gasteiger partial charge in [0.1, 0.15) is 11.4 Å². The maximum Gasteiger partial charge on any atom is 0.407 e. The Kier molecular flexibility index (Phi) is 17.0. The van der Waals surface area contributed by atoms with Crippen molar-refractivity contribution in [3.8, 4) is 0 Å². The Morgan fingerprint density at radius 1 is 1.00 bits per heavy atom. The van der Waals surface area contributed by atoms with Crippen molar-refractivity contribution in [2.75, 3.05) is 59.8 Å². The molecule has 0 radical (unpaired) electrons. The number of halogens is 1. The Hall–Kier alpha value is -2.80. The molecule has 2 amide bonds. The van der Waals surface area contributed by atoms with Crippen LogP contribution in [0.25, 0.3) is 0 Å². The van der Waals surface area contributed by atoms with E-state index in [9.17, 15) is 18.8 Å². The summed E-state index contributed by atoms with van der Waals surface area (Å²) in [5.41, 5.74) is 6.64. The molecule has 0 aliphatic heterocycles. The van der Waals surface area contributed by atoms with E-state index >= 15 is 0 Å². The third-order valence-corrected chi connectivity index (χ3v) is 5.40. The van der Waals surface area contributed by atoms with Crippen molar-refractivity contribution in [3.05, 3.63) is 35.1 Å². The Morgan fingerprint density at radius 2 is 1.60 bits per heavy atom. The zero-order chi connectivity index (χ0) is 30.0. The minimum atomic E-state index is -1.09. The van der Waals surface area contributed by atoms with Gasteiger partial charge in [-0.1, -0.05) is 17.7 Å². The number of benzene rings is 1. The fraction of sp³-hybridized carbons (Fsp3) is 0.679. The number of nitrogens with two attached hydrogens (primary N) is 1. The summed E-state index contributed by atoms with van der Waals surface area (Å²) < 4.78 is 40.6. The van der Waals surface area contributed by atoms with Gasteiger partial charge in [-0.25, -0.2) is 9.18 Å². The maximum atomic E-state index is 14.3. The zero-order valence-corrected chi connectivity index (χ0v) is 24.5. The lowest BCUT2D eigenvalue weighted by atomic mass is 10.1. The van der Waals surface area contributed by atoms with E-state index in [1.165, 1.54) is 18.1 Å². The molecular formula is C28H46FN3O8. The first-order valence-corrected chi connectivity index (χ1v) is 13.5. The van der Waals surface area contributed by atoms with Gasteiger partial charge < -0.3 is 39.6 Å². The highest BCUT2D eigenvalue weighted by Crippen LogP contribution is 2.14. The molecule has 0 bridgehead atoms. The van der Waals surface area contributed by atoms with Crippen molar-refractivity contribution in [2.24, 2.45) is 5.73 Å². The largest absolute Gasteiger partial charge is 0.469 e. The minimum absolute atomic E-state index is 0.0292. The number of esters is 1. The van der Waals surface area contributed by atoms with Crippen LogP contribution in [0.4, 0.5) is 9.18 Å². The van der Waals surface area contributed by atoms with Crippen LogP contribution >= 0.6 is 0 Å². The molecular weight excluding hydrogens is 525 g/mol. The smallest absolute Gasteiger partial charge is 0.407 e. The molecule has 11 nitrogen and oxygen atoms in total. The maximum absolute atomic E-state index is 14.3. The fourth-order valence-electron chi connectivity index (χ4n) is 3.46. The van der Waals surface area contributed by atoms with Gasteiger partial charge in [0.2, 0.25) is 5.91 Å². The van der Waals surface area contributed by atoms with Crippen LogP contribution in [0, 0.1) is 12.7 Å². The predicted octanol–water partition coefficient (Wildman–Crippen LogP) is 2.71. The van der Waals surface area contributed by atoms with Gasteiger partial charge >= 0.3 is 12.1 Å². The van der Waals surface area contributed by atoms with Crippen molar-refractivity contribution in [2.45, 2.75) is 65.1 Å². The topological polar surface area (TPSA) is 139 Å². The Morgan fingerprint density at radius 3 is 2.20 bits per heavy atom. The van der Waals surface area contributed by atoms with Crippen LogP contribution in [0.2, 0.25) is 0 Å². The highest BCUT2D eigenvalue weighted by atomic mass is 19.1. The number of amides is 2. The molecule has 0 fully saturated rings. The summed E-state index contributed by atoms with van der Waals surface area (Å²) in [5.74, 6) is -1.47. The molecule has 0 aromatic heterocycles. The highest BCUT2D eigenvalue weighted by Gasteiger charge is 2.24. The summed E-state index contributed by atoms with van der Waals surface area (Å²) in [5, 5.41) is 2.67. The lowest BCUT2D eigenvalue weighted by Crippen LogP contribution is -2.45. The summed E-state index contributed by atoms with van der Waals surface area (Å²) in [7, 11) is 1.22. The molecule has 0 saturated heterocycles. The molecule has 0 saturated carbocycles. The SMILES string of the molecule is COC(=O)C[C@@H](N)C(=O)N(CCCOCCOCCOCCCNC(=O)OC(C)(C)C)Cc1cc(C)ccc1F. The van der Waals surface area contributed by atoms with E-state index in [4.69, 9.17) is 24.7 Å². The molecule has 1 rings (SSSR count). The Bertz CT molecular complexity index is 910. The van der Waals surface area contributed by atoms with E-state index in [0.29, 0.717) is 64.6 Å². The van der Waals surface area contributed by atoms with Gasteiger partial charge in [-0.05, 0) is 46.6 Å². The molecule has 0 aliphatic carbocycles. The zero-order valence-electron chi connectivity index (χ0n) is 24.5. The number of nitrogens with zero attached hydrogens (tertiary/aromatic N) is 1. The number of hydrogen-bond donors (Lipinski definition) is 2. The number of alkyl carbamates (subject to hydrolysis) is 1. The van der Waals surface area contributed by atoms with Crippen molar-refractivity contribution >= 4 is 18.0 Å². The van der Waals surface area contributed by atoms with Crippen molar-refractivity contribution < 1.29 is 42.5 Å². The molecule has 12 heteroatoms. The second kappa shape index (κ2) is 19.3. The van der Waals surface area contributed by atoms with Crippen LogP contribution in [0.1, 0.15) is 51.2 Å². The summed E-state index contributed by atoms with van der Waals surface area (Å²) in [6.07, 6.45) is 0.441. The van der Waals surface area contributed by atoms with Crippen LogP contribution in [0.15, 0.2) is 18.2 Å². The van der Waals surface area contributed by atoms with Gasteiger partial charge in [0.25, 0.3) is 0 Å². The molecule has 0 heterocycles. The molecule has 1 aromatic rings. The average Bonchev–Trinajstić information content (AvgIpc) is 2.88. The minimum Gasteiger partial charge on any atom is -0.469 e. The molecule has 0 aliphatic rings. The summed E-state index contributed by atoms with van der Waals surface area (Å²) in [4.78, 5) is 37.4. The van der Waals surface area contributed by atoms with E-state index in [-0.39, 0.29) is 19.5 Å². The van der Waals surface area contributed by atoms with Crippen LogP contribution < -0.4 is 11.1 Å². The third-order valence-electron chi connectivity index (χ3n) is 5.40. The van der Waals surface area contributed by atoms with Gasteiger partial charge in [0.15, 0.2) is 0 Å². The molecule has 1 aromatic carbocycles. The lowest BCUT2D eigenvalue weighted by Gasteiger charge is -2.26. The van der Waals surface area contributed by atoms with E-state index in [0.717, 1.165) is 5.56 Å². The highest BCUT2D eigenvalue weighted by molar-refractivity contribution is 5.86. The van der Waals surface area contributed by atoms with Gasteiger partial charge in [0, 0.05) is 38.4 Å². The normalized spacial score (nSPS) is 12.1. The standard InChI is InChI=1S/C28H46FN3O8/c1-21-8-9-23(29)22(18-21)20-32(26(34)24(30)19-25(33)36-5)11-7-13-38-15-17-39-16-14-37-12-6-10-31-27(35)40-28(2,3)4/h8-9,18,24H,6-7,10-17,19-20,30H2,1-5H3,(H,31,35)/t24-/m1/s1. The summed E-state index contributed by atoms with van der Waals surface area (Å²) >= 11 is 0. The van der Waals surface area contributed by atoms with Crippen LogP contribution in [-0.4, -0.2) is 94.4 Å². The summed E-state index contributed by atoms with van der Waals surface area (Å²) in [6.45, 7) is 10.4. The molecule has 40 heavy (non-hydrogen) atoms. The van der Waals surface area contributed by atoms with Crippen molar-refractivity contribution in [3.63, 3.8) is 0 Å². The molecule has 1 atom stereocenters. The Labute approximate surface area is 236 Å². The van der Waals surface area contributed by atoms with E-state index in [1.807, 2.05) is 27.7 Å². The summed E-state index contributed by atoms with van der Waals surface area (Å²) in [6, 6.07) is 3.61. The number of ether oxygens (including phenoxy) is 5. The van der Waals surface area contributed by atoms with Crippen molar-refractivity contribution in [1.29, 1.82) is 0 Å². The van der Waals surface area contributed by atoms with Crippen molar-refractivity contribution in [1.82, 2.24) is 10.2 Å². The number of rotatable bonds is 19. The second-order valence-corrected chi connectivity index (χ2v) is 10.2. The molecule has 228 valence electrons. The lowest BCUT2D eigenvalue weighted by molar-refractivity contribution is -0.144. The first kappa shape index (κ1) is 35.2. The van der Waals surface area contributed by atoms with E-state index in [1.54, 1.807) is 12.1 Å². The fourth-order valence-corrected chi connectivity index (χ4v) is 3.46. The third kappa shape index (κ3) is 16.3. The quantitative estimate of drug-likeness (QED) is 0.190. The van der Waals surface area contributed by atoms with E-state index in [2.05, 4.69) is 10.1 Å². The molecule has 3 N–H and O–H groups in total. The van der Waals surface area contributed by atoms with Gasteiger partial charge in [-0.2, -0.15) is 0 Å². The molecule has 0 unspecified atom stereocenters. The first-order valence-electron chi connectivity index (χ1n) is 13.5. The predicted molar refractivity (Wildman–Crippen MR) is 147 cm³/mol. The number of methoxy groups -OCH3 is 1. The van der Waals surface area contributed by atoms with Gasteiger partial charge in [0.05, 0.1) is 46.0 Å². The monoisotopic (exact) mass is 571 g/mol. The number of hydrogen-bond acceptors (Lipinski definition) is 9. The second-order valence-electron chi connectivity index (χ2n) is 10.2. The Balaban J connectivity index is 2.25. The molecule has 0 spiro atoms. The number of carbonyl (C=O) groups is 3. The average molecular weight is 572 g/mol. The van der Waals surface area contributed by atoms with E-state index < -0.39 is 35.4 Å². The number of nitrogens with one attached hydrogen (secondary N) is 1. The van der Waals surface area contributed by atoms with Crippen LogP contribution in [-0.2, 0) is 39.8 Å². The van der Waals surface area contributed by atoms with Gasteiger partial charge in [-0.3, -0.25) is 9.59 Å². The number of aryl methyl sites for hydroxylation is 1. The van der Waals surface area contributed by atoms with Crippen LogP contribution in [0.3, 0.4) is 0 Å². The first-order chi connectivity index (χ1) is 18.9.